The van der Waals surface area contributed by atoms with Gasteiger partial charge in [-0.15, -0.1) is 0 Å². The number of benzene rings is 2. The largest absolute Gasteiger partial charge is 0.493 e. The molecule has 2 rings (SSSR count). The van der Waals surface area contributed by atoms with Crippen LogP contribution in [0.5, 0.6) is 5.75 Å². The molecule has 2 aromatic carbocycles. The molecule has 0 aliphatic heterocycles. The topological polar surface area (TPSA) is 35.2 Å². The number of ether oxygens (including phenoxy) is 1. The number of hydrogen-bond acceptors (Lipinski definition) is 2. The van der Waals surface area contributed by atoms with E-state index < -0.39 is 0 Å². The van der Waals surface area contributed by atoms with Crippen molar-refractivity contribution in [2.75, 3.05) is 13.2 Å². The average Bonchev–Trinajstić information content (AvgIpc) is 2.50. The van der Waals surface area contributed by atoms with Crippen LogP contribution in [0.15, 0.2) is 48.5 Å². The Labute approximate surface area is 131 Å². The number of nitrogens with two attached hydrogens (primary N) is 1. The highest BCUT2D eigenvalue weighted by Gasteiger charge is 2.09. The van der Waals surface area contributed by atoms with Crippen LogP contribution in [0.25, 0.3) is 0 Å². The molecule has 0 spiro atoms. The molecule has 0 saturated heterocycles. The lowest BCUT2D eigenvalue weighted by molar-refractivity contribution is 0.300. The van der Waals surface area contributed by atoms with Crippen molar-refractivity contribution in [3.63, 3.8) is 0 Å². The summed E-state index contributed by atoms with van der Waals surface area (Å²) in [6.07, 6.45) is 2.02. The highest BCUT2D eigenvalue weighted by atomic mass is 35.5. The first kappa shape index (κ1) is 15.9. The summed E-state index contributed by atoms with van der Waals surface area (Å²) in [7, 11) is 0. The van der Waals surface area contributed by atoms with Gasteiger partial charge in [0.15, 0.2) is 0 Å². The van der Waals surface area contributed by atoms with Gasteiger partial charge in [-0.25, -0.2) is 0 Å². The van der Waals surface area contributed by atoms with Gasteiger partial charge >= 0.3 is 0 Å². The number of halogens is 1. The minimum atomic E-state index is 0.404. The van der Waals surface area contributed by atoms with Gasteiger partial charge in [-0.2, -0.15) is 0 Å². The van der Waals surface area contributed by atoms with Crippen molar-refractivity contribution < 1.29 is 4.74 Å². The maximum atomic E-state index is 5.94. The van der Waals surface area contributed by atoms with Crippen molar-refractivity contribution in [1.29, 1.82) is 0 Å². The van der Waals surface area contributed by atoms with Gasteiger partial charge in [0.1, 0.15) is 5.75 Å². The Hall–Kier alpha value is -1.51. The van der Waals surface area contributed by atoms with Gasteiger partial charge in [-0.05, 0) is 61.6 Å². The van der Waals surface area contributed by atoms with Gasteiger partial charge in [0.2, 0.25) is 0 Å². The third-order valence-electron chi connectivity index (χ3n) is 3.65. The molecule has 3 heteroatoms. The molecule has 2 N–H and O–H groups in total. The molecule has 2 aromatic rings. The molecule has 0 heterocycles. The predicted molar refractivity (Wildman–Crippen MR) is 89.2 cm³/mol. The molecule has 0 aliphatic carbocycles. The SMILES string of the molecule is Cc1cc(Cl)ccc1OCCCC(CN)c1ccccc1. The molecule has 0 amide bonds. The van der Waals surface area contributed by atoms with Crippen molar-refractivity contribution in [3.05, 3.63) is 64.7 Å². The molecular formula is C18H22ClNO. The minimum Gasteiger partial charge on any atom is -0.493 e. The first-order chi connectivity index (χ1) is 10.2. The van der Waals surface area contributed by atoms with Crippen LogP contribution in [0.3, 0.4) is 0 Å². The van der Waals surface area contributed by atoms with Gasteiger partial charge in [0.05, 0.1) is 6.61 Å². The molecule has 112 valence electrons. The van der Waals surface area contributed by atoms with E-state index in [0.29, 0.717) is 19.1 Å². The summed E-state index contributed by atoms with van der Waals surface area (Å²) >= 11 is 5.94. The zero-order valence-electron chi connectivity index (χ0n) is 12.4. The summed E-state index contributed by atoms with van der Waals surface area (Å²) in [4.78, 5) is 0. The second-order valence-corrected chi connectivity index (χ2v) is 5.68. The van der Waals surface area contributed by atoms with Gasteiger partial charge in [0.25, 0.3) is 0 Å². The molecule has 0 aromatic heterocycles. The van der Waals surface area contributed by atoms with E-state index >= 15 is 0 Å². The van der Waals surface area contributed by atoms with Crippen molar-refractivity contribution in [1.82, 2.24) is 0 Å². The monoisotopic (exact) mass is 303 g/mol. The maximum Gasteiger partial charge on any atom is 0.122 e. The molecule has 0 saturated carbocycles. The van der Waals surface area contributed by atoms with E-state index in [1.807, 2.05) is 31.2 Å². The quantitative estimate of drug-likeness (QED) is 0.762. The molecule has 0 radical (unpaired) electrons. The maximum absolute atomic E-state index is 5.94. The van der Waals surface area contributed by atoms with Crippen LogP contribution in [0.2, 0.25) is 5.02 Å². The normalized spacial score (nSPS) is 12.1. The van der Waals surface area contributed by atoms with E-state index in [4.69, 9.17) is 22.1 Å². The zero-order chi connectivity index (χ0) is 15.1. The third kappa shape index (κ3) is 4.76. The smallest absolute Gasteiger partial charge is 0.122 e. The van der Waals surface area contributed by atoms with E-state index in [2.05, 4.69) is 24.3 Å². The second-order valence-electron chi connectivity index (χ2n) is 5.24. The molecule has 1 atom stereocenters. The molecule has 0 aliphatic rings. The van der Waals surface area contributed by atoms with Crippen LogP contribution in [-0.2, 0) is 0 Å². The first-order valence-electron chi connectivity index (χ1n) is 7.34. The Kier molecular flexibility index (Phi) is 6.09. The van der Waals surface area contributed by atoms with E-state index in [9.17, 15) is 0 Å². The van der Waals surface area contributed by atoms with Crippen molar-refractivity contribution >= 4 is 11.6 Å². The summed E-state index contributed by atoms with van der Waals surface area (Å²) < 4.78 is 5.82. The molecule has 2 nitrogen and oxygen atoms in total. The molecule has 0 bridgehead atoms. The summed E-state index contributed by atoms with van der Waals surface area (Å²) in [5.74, 6) is 1.31. The van der Waals surface area contributed by atoms with Gasteiger partial charge in [-0.1, -0.05) is 41.9 Å². The number of hydrogen-bond donors (Lipinski definition) is 1. The third-order valence-corrected chi connectivity index (χ3v) is 3.88. The van der Waals surface area contributed by atoms with Gasteiger partial charge in [0, 0.05) is 5.02 Å². The Morgan fingerprint density at radius 1 is 1.14 bits per heavy atom. The Morgan fingerprint density at radius 3 is 2.57 bits per heavy atom. The lowest BCUT2D eigenvalue weighted by Gasteiger charge is -2.15. The van der Waals surface area contributed by atoms with Crippen LogP contribution in [0.1, 0.15) is 29.9 Å². The Morgan fingerprint density at radius 2 is 1.90 bits per heavy atom. The van der Waals surface area contributed by atoms with Crippen LogP contribution in [0.4, 0.5) is 0 Å². The van der Waals surface area contributed by atoms with Crippen LogP contribution >= 0.6 is 11.6 Å². The Balaban J connectivity index is 1.81. The lowest BCUT2D eigenvalue weighted by atomic mass is 9.95. The van der Waals surface area contributed by atoms with Crippen molar-refractivity contribution in [2.45, 2.75) is 25.7 Å². The fraction of sp³-hybridized carbons (Fsp3) is 0.333. The van der Waals surface area contributed by atoms with E-state index in [-0.39, 0.29) is 0 Å². The number of aryl methyl sites for hydroxylation is 1. The molecule has 0 fully saturated rings. The zero-order valence-corrected chi connectivity index (χ0v) is 13.1. The fourth-order valence-corrected chi connectivity index (χ4v) is 2.66. The van der Waals surface area contributed by atoms with Gasteiger partial charge in [-0.3, -0.25) is 0 Å². The van der Waals surface area contributed by atoms with Crippen LogP contribution in [0, 0.1) is 6.92 Å². The fourth-order valence-electron chi connectivity index (χ4n) is 2.43. The minimum absolute atomic E-state index is 0.404. The Bertz CT molecular complexity index is 556. The molecule has 21 heavy (non-hydrogen) atoms. The average molecular weight is 304 g/mol. The van der Waals surface area contributed by atoms with Crippen LogP contribution in [-0.4, -0.2) is 13.2 Å². The highest BCUT2D eigenvalue weighted by Crippen LogP contribution is 2.23. The first-order valence-corrected chi connectivity index (χ1v) is 7.72. The summed E-state index contributed by atoms with van der Waals surface area (Å²) in [5, 5.41) is 0.743. The summed E-state index contributed by atoms with van der Waals surface area (Å²) in [6, 6.07) is 16.1. The highest BCUT2D eigenvalue weighted by molar-refractivity contribution is 6.30. The summed E-state index contributed by atoms with van der Waals surface area (Å²) in [5.41, 5.74) is 8.26. The standard InChI is InChI=1S/C18H22ClNO/c1-14-12-17(19)9-10-18(14)21-11-5-8-16(13-20)15-6-3-2-4-7-15/h2-4,6-7,9-10,12,16H,5,8,11,13,20H2,1H3. The van der Waals surface area contributed by atoms with E-state index in [1.165, 1.54) is 5.56 Å². The van der Waals surface area contributed by atoms with E-state index in [1.54, 1.807) is 0 Å². The predicted octanol–water partition coefficient (Wildman–Crippen LogP) is 4.55. The van der Waals surface area contributed by atoms with Crippen molar-refractivity contribution in [3.8, 4) is 5.75 Å². The van der Waals surface area contributed by atoms with Gasteiger partial charge < -0.3 is 10.5 Å². The molecule has 1 unspecified atom stereocenters. The number of rotatable bonds is 7. The lowest BCUT2D eigenvalue weighted by Crippen LogP contribution is -2.13. The second kappa shape index (κ2) is 8.06. The van der Waals surface area contributed by atoms with E-state index in [0.717, 1.165) is 29.2 Å². The molecular weight excluding hydrogens is 282 g/mol. The van der Waals surface area contributed by atoms with Crippen LogP contribution < -0.4 is 10.5 Å². The van der Waals surface area contributed by atoms with Crippen molar-refractivity contribution in [2.24, 2.45) is 5.73 Å². The summed E-state index contributed by atoms with van der Waals surface area (Å²) in [6.45, 7) is 3.38.